The monoisotopic (exact) mass is 397 g/mol. The number of aryl methyl sites for hydroxylation is 1. The third kappa shape index (κ3) is 3.55. The summed E-state index contributed by atoms with van der Waals surface area (Å²) in [5.41, 5.74) is 3.44. The number of ether oxygens (including phenoxy) is 1. The first-order chi connectivity index (χ1) is 9.51. The fraction of sp³-hybridized carbons (Fsp3) is 0.250. The highest BCUT2D eigenvalue weighted by atomic mass is 79.9. The van der Waals surface area contributed by atoms with Gasteiger partial charge in [0, 0.05) is 20.2 Å². The second-order valence-corrected chi connectivity index (χ2v) is 6.51. The van der Waals surface area contributed by atoms with Crippen molar-refractivity contribution in [3.8, 4) is 5.75 Å². The predicted molar refractivity (Wildman–Crippen MR) is 91.6 cm³/mol. The first kappa shape index (κ1) is 15.4. The third-order valence-electron chi connectivity index (χ3n) is 3.15. The first-order valence-corrected chi connectivity index (χ1v) is 7.96. The second kappa shape index (κ2) is 6.64. The molecule has 0 bridgehead atoms. The maximum atomic E-state index is 5.45. The number of hydrogen-bond acceptors (Lipinski definition) is 2. The van der Waals surface area contributed by atoms with Crippen molar-refractivity contribution in [2.45, 2.75) is 19.9 Å². The van der Waals surface area contributed by atoms with Gasteiger partial charge >= 0.3 is 0 Å². The maximum absolute atomic E-state index is 5.45. The molecule has 4 heteroatoms. The summed E-state index contributed by atoms with van der Waals surface area (Å²) in [6.07, 6.45) is 0. The van der Waals surface area contributed by atoms with Crippen molar-refractivity contribution in [2.24, 2.45) is 0 Å². The van der Waals surface area contributed by atoms with Crippen LogP contribution in [0.25, 0.3) is 0 Å². The molecule has 1 atom stereocenters. The molecule has 0 saturated heterocycles. The smallest absolute Gasteiger partial charge is 0.124 e. The van der Waals surface area contributed by atoms with Gasteiger partial charge in [0.15, 0.2) is 0 Å². The molecule has 106 valence electrons. The summed E-state index contributed by atoms with van der Waals surface area (Å²) in [7, 11) is 1.70. The topological polar surface area (TPSA) is 21.3 Å². The quantitative estimate of drug-likeness (QED) is 0.712. The summed E-state index contributed by atoms with van der Waals surface area (Å²) in [5.74, 6) is 0.906. The molecule has 0 amide bonds. The molecular weight excluding hydrogens is 382 g/mol. The minimum Gasteiger partial charge on any atom is -0.496 e. The Morgan fingerprint density at radius 1 is 1.10 bits per heavy atom. The van der Waals surface area contributed by atoms with Crippen LogP contribution >= 0.6 is 31.9 Å². The van der Waals surface area contributed by atoms with Crippen LogP contribution in [0.4, 0.5) is 5.69 Å². The number of rotatable bonds is 4. The van der Waals surface area contributed by atoms with E-state index in [-0.39, 0.29) is 6.04 Å². The third-order valence-corrected chi connectivity index (χ3v) is 4.30. The highest BCUT2D eigenvalue weighted by Gasteiger charge is 2.13. The Labute approximate surface area is 136 Å². The lowest BCUT2D eigenvalue weighted by atomic mass is 10.0. The zero-order valence-corrected chi connectivity index (χ0v) is 14.9. The van der Waals surface area contributed by atoms with Crippen molar-refractivity contribution in [1.82, 2.24) is 0 Å². The Balaban J connectivity index is 2.27. The number of methoxy groups -OCH3 is 1. The van der Waals surface area contributed by atoms with Gasteiger partial charge in [0.05, 0.1) is 13.2 Å². The molecule has 0 aliphatic rings. The summed E-state index contributed by atoms with van der Waals surface area (Å²) >= 11 is 7.04. The van der Waals surface area contributed by atoms with Gasteiger partial charge < -0.3 is 10.1 Å². The normalized spacial score (nSPS) is 12.1. The Hall–Kier alpha value is -1.000. The lowest BCUT2D eigenvalue weighted by Gasteiger charge is -2.20. The van der Waals surface area contributed by atoms with E-state index < -0.39 is 0 Å². The molecule has 1 N–H and O–H groups in total. The fourth-order valence-corrected chi connectivity index (χ4v) is 3.27. The molecule has 0 fully saturated rings. The van der Waals surface area contributed by atoms with Gasteiger partial charge in [-0.2, -0.15) is 0 Å². The minimum absolute atomic E-state index is 0.155. The van der Waals surface area contributed by atoms with Gasteiger partial charge in [0.25, 0.3) is 0 Å². The summed E-state index contributed by atoms with van der Waals surface area (Å²) < 4.78 is 7.53. The number of halogens is 2. The lowest BCUT2D eigenvalue weighted by Crippen LogP contribution is -2.09. The fourth-order valence-electron chi connectivity index (χ4n) is 2.11. The van der Waals surface area contributed by atoms with E-state index in [9.17, 15) is 0 Å². The maximum Gasteiger partial charge on any atom is 0.124 e. The van der Waals surface area contributed by atoms with Crippen molar-refractivity contribution in [2.75, 3.05) is 12.4 Å². The van der Waals surface area contributed by atoms with Gasteiger partial charge in [0.2, 0.25) is 0 Å². The molecule has 0 radical (unpaired) electrons. The summed E-state index contributed by atoms with van der Waals surface area (Å²) in [6, 6.07) is 12.5. The molecule has 0 aromatic heterocycles. The van der Waals surface area contributed by atoms with Crippen molar-refractivity contribution < 1.29 is 4.74 Å². The van der Waals surface area contributed by atoms with Crippen molar-refractivity contribution in [3.05, 3.63) is 56.5 Å². The van der Waals surface area contributed by atoms with E-state index in [1.807, 2.05) is 24.3 Å². The predicted octanol–water partition coefficient (Wildman–Crippen LogP) is 5.70. The molecule has 2 aromatic carbocycles. The van der Waals surface area contributed by atoms with E-state index in [1.54, 1.807) is 7.11 Å². The van der Waals surface area contributed by atoms with Crippen LogP contribution in [-0.2, 0) is 0 Å². The van der Waals surface area contributed by atoms with Crippen LogP contribution in [0.5, 0.6) is 5.75 Å². The molecule has 0 aliphatic heterocycles. The highest BCUT2D eigenvalue weighted by Crippen LogP contribution is 2.32. The van der Waals surface area contributed by atoms with Crippen molar-refractivity contribution in [1.29, 1.82) is 0 Å². The highest BCUT2D eigenvalue weighted by molar-refractivity contribution is 9.11. The van der Waals surface area contributed by atoms with Crippen molar-refractivity contribution >= 4 is 37.5 Å². The molecule has 0 spiro atoms. The zero-order chi connectivity index (χ0) is 14.7. The molecule has 2 nitrogen and oxygen atoms in total. The first-order valence-electron chi connectivity index (χ1n) is 6.37. The molecule has 2 aromatic rings. The number of benzene rings is 2. The largest absolute Gasteiger partial charge is 0.496 e. The lowest BCUT2D eigenvalue weighted by molar-refractivity contribution is 0.408. The van der Waals surface area contributed by atoms with Crippen LogP contribution in [-0.4, -0.2) is 7.11 Å². The Kier molecular flexibility index (Phi) is 5.11. The second-order valence-electron chi connectivity index (χ2n) is 4.74. The van der Waals surface area contributed by atoms with E-state index in [0.29, 0.717) is 0 Å². The van der Waals surface area contributed by atoms with E-state index in [1.165, 1.54) is 5.56 Å². The standard InChI is InChI=1S/C16H17Br2NO/c1-10-4-7-16(20-3)13(8-10)11(2)19-15-6-5-12(17)9-14(15)18/h4-9,11,19H,1-3H3. The summed E-state index contributed by atoms with van der Waals surface area (Å²) in [4.78, 5) is 0. The summed E-state index contributed by atoms with van der Waals surface area (Å²) in [5, 5.41) is 3.51. The van der Waals surface area contributed by atoms with Gasteiger partial charge in [-0.15, -0.1) is 0 Å². The number of hydrogen-bond donors (Lipinski definition) is 1. The van der Waals surface area contributed by atoms with Gasteiger partial charge in [-0.25, -0.2) is 0 Å². The van der Waals surface area contributed by atoms with Crippen LogP contribution < -0.4 is 10.1 Å². The van der Waals surface area contributed by atoms with Crippen LogP contribution in [0.1, 0.15) is 24.1 Å². The van der Waals surface area contributed by atoms with E-state index in [2.05, 4.69) is 63.2 Å². The molecule has 20 heavy (non-hydrogen) atoms. The molecule has 1 unspecified atom stereocenters. The number of nitrogens with one attached hydrogen (secondary N) is 1. The van der Waals surface area contributed by atoms with E-state index in [0.717, 1.165) is 25.9 Å². The van der Waals surface area contributed by atoms with Gasteiger partial charge in [0.1, 0.15) is 5.75 Å². The Morgan fingerprint density at radius 3 is 2.50 bits per heavy atom. The average Bonchev–Trinajstić information content (AvgIpc) is 2.41. The van der Waals surface area contributed by atoms with E-state index >= 15 is 0 Å². The molecule has 2 rings (SSSR count). The van der Waals surface area contributed by atoms with E-state index in [4.69, 9.17) is 4.74 Å². The minimum atomic E-state index is 0.155. The van der Waals surface area contributed by atoms with Crippen molar-refractivity contribution in [3.63, 3.8) is 0 Å². The molecule has 0 aliphatic carbocycles. The van der Waals surface area contributed by atoms with Crippen LogP contribution in [0.2, 0.25) is 0 Å². The number of anilines is 1. The van der Waals surface area contributed by atoms with Crippen LogP contribution in [0.3, 0.4) is 0 Å². The van der Waals surface area contributed by atoms with Gasteiger partial charge in [-0.05, 0) is 54.0 Å². The summed E-state index contributed by atoms with van der Waals surface area (Å²) in [6.45, 7) is 4.22. The van der Waals surface area contributed by atoms with Crippen LogP contribution in [0.15, 0.2) is 45.3 Å². The van der Waals surface area contributed by atoms with Gasteiger partial charge in [-0.3, -0.25) is 0 Å². The Bertz CT molecular complexity index is 613. The SMILES string of the molecule is COc1ccc(C)cc1C(C)Nc1ccc(Br)cc1Br. The Morgan fingerprint density at radius 2 is 1.85 bits per heavy atom. The molecular formula is C16H17Br2NO. The van der Waals surface area contributed by atoms with Gasteiger partial charge in [-0.1, -0.05) is 33.6 Å². The molecule has 0 heterocycles. The average molecular weight is 399 g/mol. The molecule has 0 saturated carbocycles. The zero-order valence-electron chi connectivity index (χ0n) is 11.7. The van der Waals surface area contributed by atoms with Crippen LogP contribution in [0, 0.1) is 6.92 Å².